The molecule has 0 aliphatic heterocycles. The molecule has 1 amide bonds. The van der Waals surface area contributed by atoms with Gasteiger partial charge in [-0.05, 0) is 115 Å². The number of carbonyl (C=O) groups is 3. The molecule has 0 radical (unpaired) electrons. The minimum Gasteiger partial charge on any atom is -0.480 e. The zero-order valence-corrected chi connectivity index (χ0v) is 34.0. The van der Waals surface area contributed by atoms with Crippen molar-refractivity contribution in [1.29, 1.82) is 0 Å². The highest BCUT2D eigenvalue weighted by molar-refractivity contribution is 5.83. The SMILES string of the molecule is CC/C=C\C/C=C\C/C=C\C/C=C\C/C=C\C/C=C\CCCCCCC(=O)OC(/C=C\C/C=C\CCC)CCCCCCC(=O)NC(CCCN)C(=O)O. The molecule has 2 unspecified atom stereocenters. The van der Waals surface area contributed by atoms with Gasteiger partial charge >= 0.3 is 11.9 Å². The van der Waals surface area contributed by atoms with Crippen LogP contribution in [0.25, 0.3) is 0 Å². The van der Waals surface area contributed by atoms with Gasteiger partial charge in [-0.1, -0.05) is 137 Å². The van der Waals surface area contributed by atoms with E-state index in [0.29, 0.717) is 38.6 Å². The summed E-state index contributed by atoms with van der Waals surface area (Å²) in [6.07, 6.45) is 54.8. The second-order valence-electron chi connectivity index (χ2n) is 13.7. The van der Waals surface area contributed by atoms with E-state index in [9.17, 15) is 19.5 Å². The van der Waals surface area contributed by atoms with Crippen LogP contribution in [0.3, 0.4) is 0 Å². The Kier molecular flexibility index (Phi) is 37.7. The van der Waals surface area contributed by atoms with Gasteiger partial charge in [0.25, 0.3) is 0 Å². The molecular formula is C47H76N2O5. The number of hydrogen-bond acceptors (Lipinski definition) is 5. The lowest BCUT2D eigenvalue weighted by molar-refractivity contribution is -0.147. The van der Waals surface area contributed by atoms with E-state index >= 15 is 0 Å². The van der Waals surface area contributed by atoms with E-state index in [1.165, 1.54) is 0 Å². The van der Waals surface area contributed by atoms with Crippen molar-refractivity contribution < 1.29 is 24.2 Å². The molecule has 0 bridgehead atoms. The zero-order valence-electron chi connectivity index (χ0n) is 34.0. The Labute approximate surface area is 329 Å². The van der Waals surface area contributed by atoms with Crippen molar-refractivity contribution in [1.82, 2.24) is 5.32 Å². The van der Waals surface area contributed by atoms with Gasteiger partial charge in [-0.15, -0.1) is 0 Å². The van der Waals surface area contributed by atoms with Gasteiger partial charge in [0.05, 0.1) is 0 Å². The molecule has 0 aliphatic rings. The van der Waals surface area contributed by atoms with Crippen LogP contribution in [0.1, 0.15) is 162 Å². The van der Waals surface area contributed by atoms with Crippen LogP contribution in [-0.4, -0.2) is 41.6 Å². The van der Waals surface area contributed by atoms with Gasteiger partial charge in [-0.25, -0.2) is 4.79 Å². The van der Waals surface area contributed by atoms with Crippen molar-refractivity contribution in [3.8, 4) is 0 Å². The monoisotopic (exact) mass is 749 g/mol. The first kappa shape index (κ1) is 50.3. The molecule has 0 heterocycles. The second-order valence-corrected chi connectivity index (χ2v) is 13.7. The van der Waals surface area contributed by atoms with E-state index < -0.39 is 12.0 Å². The Balaban J connectivity index is 4.21. The predicted molar refractivity (Wildman–Crippen MR) is 229 cm³/mol. The summed E-state index contributed by atoms with van der Waals surface area (Å²) in [5.74, 6) is -1.40. The average molecular weight is 749 g/mol. The minimum absolute atomic E-state index is 0.137. The van der Waals surface area contributed by atoms with Gasteiger partial charge in [0, 0.05) is 12.8 Å². The number of nitrogens with one attached hydrogen (secondary N) is 1. The van der Waals surface area contributed by atoms with Gasteiger partial charge < -0.3 is 20.9 Å². The molecule has 0 aromatic rings. The summed E-state index contributed by atoms with van der Waals surface area (Å²) in [5.41, 5.74) is 5.47. The van der Waals surface area contributed by atoms with Crippen molar-refractivity contribution in [2.45, 2.75) is 174 Å². The van der Waals surface area contributed by atoms with Gasteiger partial charge in [-0.3, -0.25) is 9.59 Å². The summed E-state index contributed by atoms with van der Waals surface area (Å²) >= 11 is 0. The summed E-state index contributed by atoms with van der Waals surface area (Å²) in [6.45, 7) is 4.71. The fourth-order valence-electron chi connectivity index (χ4n) is 5.47. The maximum Gasteiger partial charge on any atom is 0.326 e. The molecule has 304 valence electrons. The number of rotatable bonds is 36. The normalized spacial score (nSPS) is 13.7. The molecule has 7 nitrogen and oxygen atoms in total. The number of esters is 1. The molecule has 7 heteroatoms. The number of nitrogens with two attached hydrogens (primary N) is 1. The molecule has 2 atom stereocenters. The number of hydrogen-bond donors (Lipinski definition) is 3. The van der Waals surface area contributed by atoms with Crippen LogP contribution >= 0.6 is 0 Å². The fraction of sp³-hybridized carbons (Fsp3) is 0.596. The molecule has 0 aliphatic carbocycles. The molecular weight excluding hydrogens is 673 g/mol. The third kappa shape index (κ3) is 36.6. The average Bonchev–Trinajstić information content (AvgIpc) is 3.16. The largest absolute Gasteiger partial charge is 0.480 e. The molecule has 0 fully saturated rings. The highest BCUT2D eigenvalue weighted by atomic mass is 16.5. The third-order valence-electron chi connectivity index (χ3n) is 8.60. The van der Waals surface area contributed by atoms with Gasteiger partial charge in [0.1, 0.15) is 12.1 Å². The van der Waals surface area contributed by atoms with Gasteiger partial charge in [0.2, 0.25) is 5.91 Å². The number of amides is 1. The van der Waals surface area contributed by atoms with E-state index in [-0.39, 0.29) is 18.0 Å². The number of aliphatic carboxylic acids is 1. The van der Waals surface area contributed by atoms with Crippen molar-refractivity contribution in [2.24, 2.45) is 5.73 Å². The molecule has 0 aromatic carbocycles. The first-order chi connectivity index (χ1) is 26.4. The van der Waals surface area contributed by atoms with Crippen LogP contribution in [0.15, 0.2) is 97.2 Å². The van der Waals surface area contributed by atoms with E-state index in [4.69, 9.17) is 10.5 Å². The Hall–Kier alpha value is -3.71. The molecule has 0 saturated carbocycles. The standard InChI is InChI=1S/C47H76N2O5/c1-3-5-7-9-11-12-13-14-15-16-17-18-19-20-21-22-23-24-25-26-27-29-35-41-46(51)54-43(37-32-28-10-8-6-4-2)38-33-30-31-34-40-45(50)49-44(47(52)53)39-36-42-48/h5,7-8,10-12,14-15,17-18,20-21,23-24,32,37,43-44H,3-4,6,9,13,16,19,22,25-31,33-36,38-42,48H2,1-2H3,(H,49,50)(H,52,53)/b7-5-,10-8-,12-11-,15-14-,18-17-,21-20-,24-23-,37-32-. The van der Waals surface area contributed by atoms with Crippen LogP contribution in [0.4, 0.5) is 0 Å². The number of carboxylic acids is 1. The Bertz CT molecular complexity index is 1160. The highest BCUT2D eigenvalue weighted by Gasteiger charge is 2.19. The lowest BCUT2D eigenvalue weighted by atomic mass is 10.1. The molecule has 0 spiro atoms. The summed E-state index contributed by atoms with van der Waals surface area (Å²) < 4.78 is 5.86. The lowest BCUT2D eigenvalue weighted by Gasteiger charge is -2.15. The fourth-order valence-corrected chi connectivity index (χ4v) is 5.47. The van der Waals surface area contributed by atoms with E-state index in [2.05, 4.69) is 110 Å². The summed E-state index contributed by atoms with van der Waals surface area (Å²) in [6, 6.07) is -0.881. The van der Waals surface area contributed by atoms with Crippen molar-refractivity contribution in [3.63, 3.8) is 0 Å². The lowest BCUT2D eigenvalue weighted by Crippen LogP contribution is -2.40. The number of ether oxygens (including phenoxy) is 1. The van der Waals surface area contributed by atoms with Crippen LogP contribution in [0, 0.1) is 0 Å². The molecule has 54 heavy (non-hydrogen) atoms. The second kappa shape index (κ2) is 40.5. The van der Waals surface area contributed by atoms with Crippen LogP contribution in [-0.2, 0) is 19.1 Å². The first-order valence-electron chi connectivity index (χ1n) is 21.1. The number of unbranched alkanes of at least 4 members (excludes halogenated alkanes) is 8. The van der Waals surface area contributed by atoms with Gasteiger partial charge in [0.15, 0.2) is 0 Å². The molecule has 0 rings (SSSR count). The molecule has 4 N–H and O–H groups in total. The highest BCUT2D eigenvalue weighted by Crippen LogP contribution is 2.14. The first-order valence-corrected chi connectivity index (χ1v) is 21.1. The van der Waals surface area contributed by atoms with Crippen molar-refractivity contribution >= 4 is 17.8 Å². The van der Waals surface area contributed by atoms with Crippen LogP contribution < -0.4 is 11.1 Å². The minimum atomic E-state index is -1.02. The van der Waals surface area contributed by atoms with Crippen LogP contribution in [0.2, 0.25) is 0 Å². The van der Waals surface area contributed by atoms with Crippen molar-refractivity contribution in [2.75, 3.05) is 6.54 Å². The number of carbonyl (C=O) groups excluding carboxylic acids is 2. The molecule has 0 aromatic heterocycles. The summed E-state index contributed by atoms with van der Waals surface area (Å²) in [5, 5.41) is 11.9. The third-order valence-corrected chi connectivity index (χ3v) is 8.60. The van der Waals surface area contributed by atoms with E-state index in [1.807, 2.05) is 6.08 Å². The number of allylic oxidation sites excluding steroid dienone is 15. The molecule has 0 saturated heterocycles. The topological polar surface area (TPSA) is 119 Å². The summed E-state index contributed by atoms with van der Waals surface area (Å²) in [4.78, 5) is 36.2. The quantitative estimate of drug-likeness (QED) is 0.0333. The van der Waals surface area contributed by atoms with E-state index in [1.54, 1.807) is 0 Å². The maximum atomic E-state index is 12.7. The predicted octanol–water partition coefficient (Wildman–Crippen LogP) is 11.9. The number of carboxylic acid groups (broad SMARTS) is 1. The Morgan fingerprint density at radius 3 is 1.63 bits per heavy atom. The van der Waals surface area contributed by atoms with Crippen molar-refractivity contribution in [3.05, 3.63) is 97.2 Å². The van der Waals surface area contributed by atoms with Crippen LogP contribution in [0.5, 0.6) is 0 Å². The maximum absolute atomic E-state index is 12.7. The smallest absolute Gasteiger partial charge is 0.326 e. The summed E-state index contributed by atoms with van der Waals surface area (Å²) in [7, 11) is 0. The Morgan fingerprint density at radius 1 is 0.574 bits per heavy atom. The van der Waals surface area contributed by atoms with E-state index in [0.717, 1.165) is 116 Å². The Morgan fingerprint density at radius 2 is 1.07 bits per heavy atom. The zero-order chi connectivity index (χ0) is 39.6. The van der Waals surface area contributed by atoms with Gasteiger partial charge in [-0.2, -0.15) is 0 Å².